The zero-order valence-corrected chi connectivity index (χ0v) is 11.0. The maximum atomic E-state index is 9.03. The minimum atomic E-state index is -0.113. The van der Waals surface area contributed by atoms with Crippen molar-refractivity contribution in [1.29, 1.82) is 0 Å². The second kappa shape index (κ2) is 5.75. The van der Waals surface area contributed by atoms with Gasteiger partial charge in [-0.2, -0.15) is 0 Å². The molecular formula is C8H18O2S3. The monoisotopic (exact) mass is 242 g/mol. The van der Waals surface area contributed by atoms with Gasteiger partial charge in [-0.25, -0.2) is 0 Å². The van der Waals surface area contributed by atoms with Gasteiger partial charge in [-0.3, -0.25) is 0 Å². The van der Waals surface area contributed by atoms with E-state index in [0.29, 0.717) is 0 Å². The molecule has 0 spiro atoms. The van der Waals surface area contributed by atoms with Crippen LogP contribution in [0.1, 0.15) is 27.7 Å². The fraction of sp³-hybridized carbons (Fsp3) is 1.00. The fourth-order valence-electron chi connectivity index (χ4n) is 0.419. The summed E-state index contributed by atoms with van der Waals surface area (Å²) in [4.78, 5) is 0. The molecule has 0 aliphatic heterocycles. The van der Waals surface area contributed by atoms with E-state index in [1.54, 1.807) is 21.6 Å². The van der Waals surface area contributed by atoms with E-state index in [9.17, 15) is 0 Å². The molecule has 13 heavy (non-hydrogen) atoms. The van der Waals surface area contributed by atoms with Gasteiger partial charge in [-0.1, -0.05) is 21.6 Å². The third-order valence-corrected chi connectivity index (χ3v) is 6.92. The van der Waals surface area contributed by atoms with Gasteiger partial charge in [0, 0.05) is 4.75 Å². The average molecular weight is 242 g/mol. The molecule has 5 heteroatoms. The number of thioether (sulfide) groups is 1. The Hall–Kier alpha value is 0.970. The molecule has 80 valence electrons. The van der Waals surface area contributed by atoms with E-state index in [4.69, 9.17) is 10.2 Å². The Morgan fingerprint density at radius 1 is 1.00 bits per heavy atom. The highest BCUT2D eigenvalue weighted by molar-refractivity contribution is 8.79. The summed E-state index contributed by atoms with van der Waals surface area (Å²) in [6, 6.07) is 0. The molecule has 0 saturated heterocycles. The van der Waals surface area contributed by atoms with E-state index < -0.39 is 0 Å². The van der Waals surface area contributed by atoms with Crippen molar-refractivity contribution in [1.82, 2.24) is 0 Å². The first-order chi connectivity index (χ1) is 5.83. The molecule has 0 aliphatic carbocycles. The van der Waals surface area contributed by atoms with E-state index in [-0.39, 0.29) is 21.4 Å². The molecule has 0 aromatic heterocycles. The van der Waals surface area contributed by atoms with Crippen molar-refractivity contribution in [3.63, 3.8) is 0 Å². The Kier molecular flexibility index (Phi) is 6.18. The molecule has 0 fully saturated rings. The van der Waals surface area contributed by atoms with Crippen LogP contribution in [0.4, 0.5) is 0 Å². The van der Waals surface area contributed by atoms with Gasteiger partial charge in [-0.05, 0) is 27.7 Å². The molecule has 0 heterocycles. The third kappa shape index (κ3) is 6.96. The van der Waals surface area contributed by atoms with Crippen LogP contribution < -0.4 is 0 Å². The first-order valence-electron chi connectivity index (χ1n) is 4.05. The lowest BCUT2D eigenvalue weighted by Gasteiger charge is -2.27. The summed E-state index contributed by atoms with van der Waals surface area (Å²) < 4.78 is -0.121. The molecule has 0 aliphatic rings. The average Bonchev–Trinajstić information content (AvgIpc) is 2.02. The first-order valence-corrected chi connectivity index (χ1v) is 7.19. The minimum absolute atomic E-state index is 0.00808. The highest BCUT2D eigenvalue weighted by atomic mass is 33.1. The van der Waals surface area contributed by atoms with Crippen LogP contribution in [0.15, 0.2) is 0 Å². The predicted octanol–water partition coefficient (Wildman–Crippen LogP) is 2.56. The van der Waals surface area contributed by atoms with E-state index in [1.807, 2.05) is 13.8 Å². The topological polar surface area (TPSA) is 40.5 Å². The summed E-state index contributed by atoms with van der Waals surface area (Å²) in [5.41, 5.74) is 0. The summed E-state index contributed by atoms with van der Waals surface area (Å²) in [5.74, 6) is 0.139. The molecule has 0 unspecified atom stereocenters. The van der Waals surface area contributed by atoms with E-state index in [0.717, 1.165) is 0 Å². The SMILES string of the molecule is CC(C)(CO)SSC(C)(C)SCO. The van der Waals surface area contributed by atoms with Crippen molar-refractivity contribution in [2.24, 2.45) is 0 Å². The maximum Gasteiger partial charge on any atom is 0.0900 e. The molecular weight excluding hydrogens is 224 g/mol. The number of aliphatic hydroxyl groups excluding tert-OH is 2. The van der Waals surface area contributed by atoms with E-state index in [1.165, 1.54) is 11.8 Å². The summed E-state index contributed by atoms with van der Waals surface area (Å²) in [5, 5.41) is 17.8. The molecule has 0 bridgehead atoms. The van der Waals surface area contributed by atoms with Crippen molar-refractivity contribution >= 4 is 33.3 Å². The summed E-state index contributed by atoms with van der Waals surface area (Å²) >= 11 is 1.50. The van der Waals surface area contributed by atoms with Gasteiger partial charge < -0.3 is 10.2 Å². The first kappa shape index (κ1) is 14.0. The molecule has 0 rings (SSSR count). The quantitative estimate of drug-likeness (QED) is 0.553. The van der Waals surface area contributed by atoms with Crippen molar-refractivity contribution in [3.8, 4) is 0 Å². The smallest absolute Gasteiger partial charge is 0.0900 e. The summed E-state index contributed by atoms with van der Waals surface area (Å²) in [6.07, 6.45) is 0. The minimum Gasteiger partial charge on any atom is -0.395 e. The molecule has 0 aromatic carbocycles. The van der Waals surface area contributed by atoms with Gasteiger partial charge in [-0.15, -0.1) is 11.8 Å². The van der Waals surface area contributed by atoms with Gasteiger partial charge in [0.2, 0.25) is 0 Å². The van der Waals surface area contributed by atoms with Crippen molar-refractivity contribution in [2.75, 3.05) is 12.5 Å². The lowest BCUT2D eigenvalue weighted by molar-refractivity contribution is 0.265. The van der Waals surface area contributed by atoms with Crippen LogP contribution in [0.5, 0.6) is 0 Å². The number of hydrogen-bond acceptors (Lipinski definition) is 5. The predicted molar refractivity (Wildman–Crippen MR) is 65.1 cm³/mol. The van der Waals surface area contributed by atoms with Crippen LogP contribution in [0, 0.1) is 0 Å². The Bertz CT molecular complexity index is 148. The van der Waals surface area contributed by atoms with Gasteiger partial charge in [0.15, 0.2) is 0 Å². The molecule has 0 amide bonds. The third-order valence-electron chi connectivity index (χ3n) is 1.26. The number of aliphatic hydroxyl groups is 2. The Balaban J connectivity index is 3.86. The van der Waals surface area contributed by atoms with Gasteiger partial charge in [0.05, 0.1) is 16.6 Å². The van der Waals surface area contributed by atoms with Crippen LogP contribution >= 0.6 is 33.3 Å². The highest BCUT2D eigenvalue weighted by Gasteiger charge is 2.25. The van der Waals surface area contributed by atoms with Gasteiger partial charge in [0.25, 0.3) is 0 Å². The Morgan fingerprint density at radius 2 is 1.54 bits per heavy atom. The molecule has 2 nitrogen and oxygen atoms in total. The zero-order chi connectivity index (χ0) is 10.5. The van der Waals surface area contributed by atoms with Gasteiger partial charge >= 0.3 is 0 Å². The molecule has 0 saturated carbocycles. The van der Waals surface area contributed by atoms with Crippen LogP contribution in [0.25, 0.3) is 0 Å². The normalized spacial score (nSPS) is 13.4. The van der Waals surface area contributed by atoms with Crippen LogP contribution in [-0.4, -0.2) is 31.6 Å². The standard InChI is InChI=1S/C8H18O2S3/c1-7(2,5-9)12-13-8(3,4)11-6-10/h9-10H,5-6H2,1-4H3. The second-order valence-electron chi connectivity index (χ2n) is 3.76. The molecule has 0 aromatic rings. The van der Waals surface area contributed by atoms with E-state index >= 15 is 0 Å². The molecule has 0 atom stereocenters. The van der Waals surface area contributed by atoms with E-state index in [2.05, 4.69) is 13.8 Å². The zero-order valence-electron chi connectivity index (χ0n) is 8.53. The largest absolute Gasteiger partial charge is 0.395 e. The fourth-order valence-corrected chi connectivity index (χ4v) is 3.74. The summed E-state index contributed by atoms with van der Waals surface area (Å²) in [6.45, 7) is 8.32. The maximum absolute atomic E-state index is 9.03. The highest BCUT2D eigenvalue weighted by Crippen LogP contribution is 2.48. The summed E-state index contributed by atoms with van der Waals surface area (Å²) in [7, 11) is 3.35. The van der Waals surface area contributed by atoms with Gasteiger partial charge in [0.1, 0.15) is 0 Å². The van der Waals surface area contributed by atoms with Crippen molar-refractivity contribution in [3.05, 3.63) is 0 Å². The Labute approximate surface area is 92.7 Å². The lowest BCUT2D eigenvalue weighted by Crippen LogP contribution is -2.20. The van der Waals surface area contributed by atoms with Crippen LogP contribution in [0.2, 0.25) is 0 Å². The number of rotatable bonds is 6. The lowest BCUT2D eigenvalue weighted by atomic mass is 10.2. The second-order valence-corrected chi connectivity index (χ2v) is 9.04. The van der Waals surface area contributed by atoms with Crippen LogP contribution in [-0.2, 0) is 0 Å². The van der Waals surface area contributed by atoms with Crippen molar-refractivity contribution in [2.45, 2.75) is 36.5 Å². The Morgan fingerprint density at radius 3 is 1.92 bits per heavy atom. The van der Waals surface area contributed by atoms with Crippen LogP contribution in [0.3, 0.4) is 0 Å². The number of hydrogen-bond donors (Lipinski definition) is 2. The molecule has 2 N–H and O–H groups in total. The van der Waals surface area contributed by atoms with Crippen molar-refractivity contribution < 1.29 is 10.2 Å². The molecule has 0 radical (unpaired) electrons.